The molecule has 1 aromatic rings. The van der Waals surface area contributed by atoms with Crippen LogP contribution in [0.5, 0.6) is 5.75 Å². The number of para-hydroxylation sites is 1. The minimum Gasteiger partial charge on any atom is -0.492 e. The van der Waals surface area contributed by atoms with E-state index in [1.165, 1.54) is 0 Å². The molecule has 20 heavy (non-hydrogen) atoms. The van der Waals surface area contributed by atoms with Gasteiger partial charge < -0.3 is 14.7 Å². The summed E-state index contributed by atoms with van der Waals surface area (Å²) in [7, 11) is 0. The van der Waals surface area contributed by atoms with Gasteiger partial charge in [-0.15, -0.1) is 0 Å². The summed E-state index contributed by atoms with van der Waals surface area (Å²) in [4.78, 5) is 12.8. The van der Waals surface area contributed by atoms with Crippen LogP contribution in [0.15, 0.2) is 24.3 Å². The number of piperidine rings is 1. The van der Waals surface area contributed by atoms with Crippen LogP contribution in [0.1, 0.15) is 19.3 Å². The summed E-state index contributed by atoms with van der Waals surface area (Å²) >= 11 is 6.05. The van der Waals surface area contributed by atoms with E-state index < -0.39 is 5.97 Å². The Kier molecular flexibility index (Phi) is 5.68. The molecule has 1 heterocycles. The lowest BCUT2D eigenvalue weighted by molar-refractivity contribution is -0.137. The Morgan fingerprint density at radius 3 is 3.00 bits per heavy atom. The van der Waals surface area contributed by atoms with Crippen LogP contribution in [-0.2, 0) is 4.79 Å². The fraction of sp³-hybridized carbons (Fsp3) is 0.533. The molecule has 0 radical (unpaired) electrons. The molecule has 0 spiro atoms. The Balaban J connectivity index is 1.78. The van der Waals surface area contributed by atoms with Crippen LogP contribution in [0.4, 0.5) is 0 Å². The molecule has 1 aromatic carbocycles. The number of ether oxygens (including phenoxy) is 1. The van der Waals surface area contributed by atoms with Gasteiger partial charge in [-0.1, -0.05) is 23.7 Å². The Bertz CT molecular complexity index is 452. The van der Waals surface area contributed by atoms with Crippen LogP contribution >= 0.6 is 11.6 Å². The van der Waals surface area contributed by atoms with E-state index in [1.807, 2.05) is 24.3 Å². The summed E-state index contributed by atoms with van der Waals surface area (Å²) < 4.78 is 5.78. The van der Waals surface area contributed by atoms with Crippen molar-refractivity contribution in [2.45, 2.75) is 19.3 Å². The Morgan fingerprint density at radius 1 is 1.45 bits per heavy atom. The van der Waals surface area contributed by atoms with E-state index in [0.717, 1.165) is 31.7 Å². The number of nitrogens with zero attached hydrogens (tertiary/aromatic N) is 1. The average molecular weight is 298 g/mol. The van der Waals surface area contributed by atoms with Crippen molar-refractivity contribution in [3.8, 4) is 5.75 Å². The summed E-state index contributed by atoms with van der Waals surface area (Å²) in [6.07, 6.45) is 2.42. The first-order valence-corrected chi connectivity index (χ1v) is 7.34. The van der Waals surface area contributed by atoms with Crippen molar-refractivity contribution >= 4 is 17.6 Å². The minimum absolute atomic E-state index is 0.206. The van der Waals surface area contributed by atoms with Gasteiger partial charge in [0.2, 0.25) is 0 Å². The summed E-state index contributed by atoms with van der Waals surface area (Å²) in [5.74, 6) is 0.421. The van der Waals surface area contributed by atoms with E-state index >= 15 is 0 Å². The highest BCUT2D eigenvalue weighted by Gasteiger charge is 2.21. The first-order valence-electron chi connectivity index (χ1n) is 6.96. The molecule has 1 N–H and O–H groups in total. The lowest BCUT2D eigenvalue weighted by atomic mass is 9.99. The summed E-state index contributed by atoms with van der Waals surface area (Å²) in [5.41, 5.74) is 0. The molecule has 2 rings (SSSR count). The van der Waals surface area contributed by atoms with E-state index in [0.29, 0.717) is 24.1 Å². The topological polar surface area (TPSA) is 49.8 Å². The van der Waals surface area contributed by atoms with Gasteiger partial charge in [-0.2, -0.15) is 0 Å². The zero-order valence-corrected chi connectivity index (χ0v) is 12.2. The third-order valence-electron chi connectivity index (χ3n) is 3.56. The summed E-state index contributed by atoms with van der Waals surface area (Å²) in [6.45, 7) is 3.14. The molecule has 0 aromatic heterocycles. The van der Waals surface area contributed by atoms with Crippen molar-refractivity contribution in [2.75, 3.05) is 26.2 Å². The summed E-state index contributed by atoms with van der Waals surface area (Å²) in [6, 6.07) is 7.47. The number of carboxylic acid groups (broad SMARTS) is 1. The average Bonchev–Trinajstić information content (AvgIpc) is 2.45. The molecule has 0 amide bonds. The molecule has 1 unspecified atom stereocenters. The zero-order chi connectivity index (χ0) is 14.4. The van der Waals surface area contributed by atoms with Gasteiger partial charge in [0, 0.05) is 19.0 Å². The van der Waals surface area contributed by atoms with Gasteiger partial charge in [-0.25, -0.2) is 0 Å². The highest BCUT2D eigenvalue weighted by molar-refractivity contribution is 6.32. The molecule has 0 bridgehead atoms. The van der Waals surface area contributed by atoms with Crippen LogP contribution in [-0.4, -0.2) is 42.2 Å². The van der Waals surface area contributed by atoms with Gasteiger partial charge in [0.05, 0.1) is 18.1 Å². The van der Waals surface area contributed by atoms with Crippen molar-refractivity contribution in [3.05, 3.63) is 29.3 Å². The van der Waals surface area contributed by atoms with Crippen LogP contribution in [0.3, 0.4) is 0 Å². The van der Waals surface area contributed by atoms with E-state index in [-0.39, 0.29) is 6.42 Å². The van der Waals surface area contributed by atoms with Gasteiger partial charge in [0.1, 0.15) is 5.75 Å². The molecule has 4 nitrogen and oxygen atoms in total. The van der Waals surface area contributed by atoms with Gasteiger partial charge in [-0.3, -0.25) is 4.79 Å². The molecular weight excluding hydrogens is 278 g/mol. The molecule has 1 aliphatic heterocycles. The van der Waals surface area contributed by atoms with E-state index in [9.17, 15) is 4.79 Å². The second-order valence-corrected chi connectivity index (χ2v) is 5.60. The number of halogens is 1. The van der Waals surface area contributed by atoms with E-state index in [4.69, 9.17) is 21.4 Å². The maximum Gasteiger partial charge on any atom is 0.304 e. The number of benzene rings is 1. The number of hydrogen-bond acceptors (Lipinski definition) is 3. The minimum atomic E-state index is -0.737. The monoisotopic (exact) mass is 297 g/mol. The molecule has 0 aliphatic carbocycles. The van der Waals surface area contributed by atoms with Gasteiger partial charge >= 0.3 is 5.97 Å². The highest BCUT2D eigenvalue weighted by Crippen LogP contribution is 2.25. The highest BCUT2D eigenvalue weighted by atomic mass is 35.5. The lowest BCUT2D eigenvalue weighted by Crippen LogP contribution is -2.38. The maximum atomic E-state index is 10.6. The molecule has 5 heteroatoms. The second-order valence-electron chi connectivity index (χ2n) is 5.19. The molecule has 110 valence electrons. The molecular formula is C15H20ClNO3. The number of likely N-dealkylation sites (tertiary alicyclic amines) is 1. The first-order chi connectivity index (χ1) is 9.65. The lowest BCUT2D eigenvalue weighted by Gasteiger charge is -2.32. The van der Waals surface area contributed by atoms with Crippen LogP contribution < -0.4 is 4.74 Å². The largest absolute Gasteiger partial charge is 0.492 e. The van der Waals surface area contributed by atoms with Crippen molar-refractivity contribution in [1.29, 1.82) is 0 Å². The Hall–Kier alpha value is -1.26. The molecule has 1 atom stereocenters. The zero-order valence-electron chi connectivity index (χ0n) is 11.4. The Morgan fingerprint density at radius 2 is 2.25 bits per heavy atom. The van der Waals surface area contributed by atoms with Gasteiger partial charge in [0.15, 0.2) is 0 Å². The number of aliphatic carboxylic acids is 1. The third-order valence-corrected chi connectivity index (χ3v) is 3.87. The quantitative estimate of drug-likeness (QED) is 0.877. The number of carboxylic acids is 1. The fourth-order valence-electron chi connectivity index (χ4n) is 2.51. The van der Waals surface area contributed by atoms with Crippen LogP contribution in [0.2, 0.25) is 5.02 Å². The maximum absolute atomic E-state index is 10.6. The predicted molar refractivity (Wildman–Crippen MR) is 78.4 cm³/mol. The van der Waals surface area contributed by atoms with Crippen LogP contribution in [0.25, 0.3) is 0 Å². The van der Waals surface area contributed by atoms with Crippen molar-refractivity contribution in [2.24, 2.45) is 5.92 Å². The summed E-state index contributed by atoms with van der Waals surface area (Å²) in [5, 5.41) is 9.36. The van der Waals surface area contributed by atoms with Crippen molar-refractivity contribution in [1.82, 2.24) is 4.90 Å². The molecule has 1 fully saturated rings. The van der Waals surface area contributed by atoms with Crippen LogP contribution in [0, 0.1) is 5.92 Å². The van der Waals surface area contributed by atoms with E-state index in [1.54, 1.807) is 0 Å². The SMILES string of the molecule is O=C(O)CCN1CCCC(COc2ccccc2Cl)C1. The Labute approximate surface area is 124 Å². The van der Waals surface area contributed by atoms with Crippen molar-refractivity contribution in [3.63, 3.8) is 0 Å². The molecule has 1 aliphatic rings. The second kappa shape index (κ2) is 7.50. The number of hydrogen-bond donors (Lipinski definition) is 1. The molecule has 1 saturated heterocycles. The number of carbonyl (C=O) groups is 1. The standard InChI is InChI=1S/C15H20ClNO3/c16-13-5-1-2-6-14(13)20-11-12-4-3-8-17(10-12)9-7-15(18)19/h1-2,5-6,12H,3-4,7-11H2,(H,18,19). The third kappa shape index (κ3) is 4.69. The smallest absolute Gasteiger partial charge is 0.304 e. The predicted octanol–water partition coefficient (Wildman–Crippen LogP) is 2.91. The van der Waals surface area contributed by atoms with Gasteiger partial charge in [0.25, 0.3) is 0 Å². The van der Waals surface area contributed by atoms with Crippen molar-refractivity contribution < 1.29 is 14.6 Å². The van der Waals surface area contributed by atoms with E-state index in [2.05, 4.69) is 4.90 Å². The normalized spacial score (nSPS) is 19.8. The number of rotatable bonds is 6. The fourth-order valence-corrected chi connectivity index (χ4v) is 2.70. The van der Waals surface area contributed by atoms with Gasteiger partial charge in [-0.05, 0) is 31.5 Å². The first kappa shape index (κ1) is 15.1. The molecule has 0 saturated carbocycles.